The number of imidazole rings is 1. The average molecular weight is 161 g/mol. The first-order chi connectivity index (χ1) is 5.79. The van der Waals surface area contributed by atoms with E-state index in [1.54, 1.807) is 0 Å². The molecule has 0 aromatic carbocycles. The maximum absolute atomic E-state index is 5.48. The Labute approximate surface area is 70.8 Å². The van der Waals surface area contributed by atoms with Gasteiger partial charge in [0.2, 0.25) is 0 Å². The van der Waals surface area contributed by atoms with Crippen molar-refractivity contribution >= 4 is 5.65 Å². The van der Waals surface area contributed by atoms with Crippen LogP contribution in [0.5, 0.6) is 0 Å². The minimum Gasteiger partial charge on any atom is -0.325 e. The Bertz CT molecular complexity index is 403. The van der Waals surface area contributed by atoms with Gasteiger partial charge >= 0.3 is 0 Å². The Kier molecular flexibility index (Phi) is 1.59. The fraction of sp³-hybridized carbons (Fsp3) is 0.222. The molecule has 0 aliphatic rings. The quantitative estimate of drug-likeness (QED) is 0.680. The molecule has 12 heavy (non-hydrogen) atoms. The van der Waals surface area contributed by atoms with Gasteiger partial charge < -0.3 is 10.1 Å². The summed E-state index contributed by atoms with van der Waals surface area (Å²) in [5, 5.41) is 0. The van der Waals surface area contributed by atoms with Crippen molar-refractivity contribution < 1.29 is 0 Å². The van der Waals surface area contributed by atoms with E-state index in [9.17, 15) is 0 Å². The standard InChI is InChI=1S/C9H11N3/c1-7-2-3-9-11-8(4-10)6-12(9)5-7/h2-3,5-6H,4,10H2,1H3. The zero-order chi connectivity index (χ0) is 8.55. The normalized spacial score (nSPS) is 10.8. The fourth-order valence-electron chi connectivity index (χ4n) is 1.25. The zero-order valence-electron chi connectivity index (χ0n) is 6.99. The summed E-state index contributed by atoms with van der Waals surface area (Å²) >= 11 is 0. The molecule has 3 nitrogen and oxygen atoms in total. The molecular formula is C9H11N3. The van der Waals surface area contributed by atoms with Crippen LogP contribution in [0.1, 0.15) is 11.3 Å². The number of hydrogen-bond donors (Lipinski definition) is 1. The van der Waals surface area contributed by atoms with Gasteiger partial charge in [0.15, 0.2) is 0 Å². The number of pyridine rings is 1. The van der Waals surface area contributed by atoms with E-state index in [4.69, 9.17) is 5.73 Å². The van der Waals surface area contributed by atoms with E-state index < -0.39 is 0 Å². The second kappa shape index (κ2) is 2.60. The van der Waals surface area contributed by atoms with Crippen molar-refractivity contribution in [2.75, 3.05) is 0 Å². The average Bonchev–Trinajstić information content (AvgIpc) is 2.46. The number of nitrogens with two attached hydrogens (primary N) is 1. The Balaban J connectivity index is 2.67. The summed E-state index contributed by atoms with van der Waals surface area (Å²) in [7, 11) is 0. The van der Waals surface area contributed by atoms with Gasteiger partial charge in [-0.1, -0.05) is 6.07 Å². The fourth-order valence-corrected chi connectivity index (χ4v) is 1.25. The van der Waals surface area contributed by atoms with Gasteiger partial charge in [-0.3, -0.25) is 0 Å². The Morgan fingerprint density at radius 3 is 3.00 bits per heavy atom. The van der Waals surface area contributed by atoms with E-state index in [1.807, 2.05) is 28.9 Å². The van der Waals surface area contributed by atoms with Gasteiger partial charge in [0.25, 0.3) is 0 Å². The van der Waals surface area contributed by atoms with Gasteiger partial charge in [-0.05, 0) is 18.6 Å². The third-order valence-electron chi connectivity index (χ3n) is 1.86. The van der Waals surface area contributed by atoms with Gasteiger partial charge in [0.05, 0.1) is 5.69 Å². The van der Waals surface area contributed by atoms with Crippen molar-refractivity contribution in [2.24, 2.45) is 5.73 Å². The molecule has 0 unspecified atom stereocenters. The largest absolute Gasteiger partial charge is 0.325 e. The lowest BCUT2D eigenvalue weighted by molar-refractivity contribution is 1.01. The SMILES string of the molecule is Cc1ccc2nc(CN)cn2c1. The van der Waals surface area contributed by atoms with Crippen LogP contribution in [0.2, 0.25) is 0 Å². The number of rotatable bonds is 1. The van der Waals surface area contributed by atoms with Crippen LogP contribution < -0.4 is 5.73 Å². The number of hydrogen-bond acceptors (Lipinski definition) is 2. The summed E-state index contributed by atoms with van der Waals surface area (Å²) in [6.07, 6.45) is 4.00. The van der Waals surface area contributed by atoms with E-state index in [-0.39, 0.29) is 0 Å². The van der Waals surface area contributed by atoms with Gasteiger partial charge in [0.1, 0.15) is 5.65 Å². The molecule has 0 saturated heterocycles. The third kappa shape index (κ3) is 1.08. The van der Waals surface area contributed by atoms with Crippen molar-refractivity contribution in [1.29, 1.82) is 0 Å². The summed E-state index contributed by atoms with van der Waals surface area (Å²) < 4.78 is 2.00. The van der Waals surface area contributed by atoms with Crippen molar-refractivity contribution in [3.63, 3.8) is 0 Å². The molecule has 3 heteroatoms. The first kappa shape index (κ1) is 7.31. The van der Waals surface area contributed by atoms with Crippen LogP contribution in [0.15, 0.2) is 24.5 Å². The lowest BCUT2D eigenvalue weighted by atomic mass is 10.3. The van der Waals surface area contributed by atoms with E-state index in [0.717, 1.165) is 11.3 Å². The molecule has 2 heterocycles. The van der Waals surface area contributed by atoms with Crippen molar-refractivity contribution in [3.05, 3.63) is 35.8 Å². The molecule has 0 bridgehead atoms. The number of nitrogens with zero attached hydrogens (tertiary/aromatic N) is 2. The first-order valence-electron chi connectivity index (χ1n) is 3.94. The molecule has 0 spiro atoms. The lowest BCUT2D eigenvalue weighted by Gasteiger charge is -1.92. The summed E-state index contributed by atoms with van der Waals surface area (Å²) in [6, 6.07) is 4.04. The van der Waals surface area contributed by atoms with Gasteiger partial charge in [-0.2, -0.15) is 0 Å². The van der Waals surface area contributed by atoms with Crippen LogP contribution in [-0.2, 0) is 6.54 Å². The van der Waals surface area contributed by atoms with E-state index in [1.165, 1.54) is 5.56 Å². The summed E-state index contributed by atoms with van der Waals surface area (Å²) in [5.74, 6) is 0. The van der Waals surface area contributed by atoms with E-state index in [2.05, 4.69) is 11.9 Å². The lowest BCUT2D eigenvalue weighted by Crippen LogP contribution is -1.95. The molecule has 0 atom stereocenters. The smallest absolute Gasteiger partial charge is 0.137 e. The molecule has 2 N–H and O–H groups in total. The number of fused-ring (bicyclic) bond motifs is 1. The molecule has 2 rings (SSSR count). The van der Waals surface area contributed by atoms with E-state index >= 15 is 0 Å². The van der Waals surface area contributed by atoms with Gasteiger partial charge in [0, 0.05) is 18.9 Å². The highest BCUT2D eigenvalue weighted by molar-refractivity contribution is 5.41. The maximum Gasteiger partial charge on any atom is 0.137 e. The van der Waals surface area contributed by atoms with Crippen LogP contribution >= 0.6 is 0 Å². The molecule has 62 valence electrons. The Morgan fingerprint density at radius 2 is 2.25 bits per heavy atom. The van der Waals surface area contributed by atoms with Crippen LogP contribution in [0.3, 0.4) is 0 Å². The molecule has 0 aliphatic carbocycles. The molecule has 0 amide bonds. The van der Waals surface area contributed by atoms with Crippen LogP contribution in [0.4, 0.5) is 0 Å². The summed E-state index contributed by atoms with van der Waals surface area (Å²) in [4.78, 5) is 4.31. The monoisotopic (exact) mass is 161 g/mol. The topological polar surface area (TPSA) is 43.3 Å². The number of aromatic nitrogens is 2. The third-order valence-corrected chi connectivity index (χ3v) is 1.86. The predicted molar refractivity (Wildman–Crippen MR) is 47.8 cm³/mol. The van der Waals surface area contributed by atoms with Gasteiger partial charge in [-0.25, -0.2) is 4.98 Å². The molecule has 2 aromatic heterocycles. The van der Waals surface area contributed by atoms with Crippen LogP contribution in [0, 0.1) is 6.92 Å². The van der Waals surface area contributed by atoms with Crippen molar-refractivity contribution in [1.82, 2.24) is 9.38 Å². The highest BCUT2D eigenvalue weighted by Crippen LogP contribution is 2.06. The van der Waals surface area contributed by atoms with Crippen LogP contribution in [0.25, 0.3) is 5.65 Å². The van der Waals surface area contributed by atoms with Crippen LogP contribution in [-0.4, -0.2) is 9.38 Å². The van der Waals surface area contributed by atoms with Crippen molar-refractivity contribution in [2.45, 2.75) is 13.5 Å². The summed E-state index contributed by atoms with van der Waals surface area (Å²) in [6.45, 7) is 2.56. The molecule has 0 fully saturated rings. The minimum atomic E-state index is 0.501. The molecule has 2 aromatic rings. The van der Waals surface area contributed by atoms with Crippen molar-refractivity contribution in [3.8, 4) is 0 Å². The highest BCUT2D eigenvalue weighted by Gasteiger charge is 1.97. The van der Waals surface area contributed by atoms with E-state index in [0.29, 0.717) is 6.54 Å². The molecule has 0 saturated carbocycles. The number of aryl methyl sites for hydroxylation is 1. The minimum absolute atomic E-state index is 0.501. The highest BCUT2D eigenvalue weighted by atomic mass is 15.0. The first-order valence-corrected chi connectivity index (χ1v) is 3.94. The second-order valence-electron chi connectivity index (χ2n) is 2.91. The van der Waals surface area contributed by atoms with Gasteiger partial charge in [-0.15, -0.1) is 0 Å². The molecular weight excluding hydrogens is 150 g/mol. The zero-order valence-corrected chi connectivity index (χ0v) is 6.99. The second-order valence-corrected chi connectivity index (χ2v) is 2.91. The summed E-state index contributed by atoms with van der Waals surface area (Å²) in [5.41, 5.74) is 8.59. The predicted octanol–water partition coefficient (Wildman–Crippen LogP) is 1.10. The molecule has 0 aliphatic heterocycles. The maximum atomic E-state index is 5.48. The Morgan fingerprint density at radius 1 is 1.42 bits per heavy atom. The Hall–Kier alpha value is -1.35. The molecule has 0 radical (unpaired) electrons.